The lowest BCUT2D eigenvalue weighted by Gasteiger charge is -2.19. The fourth-order valence-corrected chi connectivity index (χ4v) is 4.81. The Kier molecular flexibility index (Phi) is 7.54. The number of nitrogens with one attached hydrogen (secondary N) is 1. The number of fused-ring (bicyclic) bond motifs is 1. The summed E-state index contributed by atoms with van der Waals surface area (Å²) < 4.78 is 1.85. The number of carbonyl (C=O) groups is 1. The van der Waals surface area contributed by atoms with E-state index < -0.39 is 0 Å². The van der Waals surface area contributed by atoms with Crippen LogP contribution in [0, 0.1) is 0 Å². The standard InChI is InChI=1S/C22H31N3O2S/c1-3-4-5-10-16(2)23-20(26)15-28-22-24-19-14-9-8-13-18(19)21(27)25(22)17-11-6-7-12-17/h8-9,13-14,16-17H,3-7,10-12,15H2,1-2H3,(H,23,26)/t16-/m0/s1. The third-order valence-corrected chi connectivity index (χ3v) is 6.40. The molecule has 0 unspecified atom stereocenters. The number of carbonyl (C=O) groups excluding carboxylic acids is 1. The molecule has 3 rings (SSSR count). The Hall–Kier alpha value is -1.82. The molecule has 5 nitrogen and oxygen atoms in total. The minimum absolute atomic E-state index is 0.00868. The van der Waals surface area contributed by atoms with Gasteiger partial charge in [0.15, 0.2) is 5.16 Å². The highest BCUT2D eigenvalue weighted by atomic mass is 32.2. The highest BCUT2D eigenvalue weighted by molar-refractivity contribution is 7.99. The minimum Gasteiger partial charge on any atom is -0.353 e. The van der Waals surface area contributed by atoms with Crippen LogP contribution in [-0.4, -0.2) is 27.3 Å². The maximum absolute atomic E-state index is 13.1. The van der Waals surface area contributed by atoms with Crippen molar-refractivity contribution >= 4 is 28.6 Å². The van der Waals surface area contributed by atoms with Crippen molar-refractivity contribution in [2.24, 2.45) is 0 Å². The first kappa shape index (κ1) is 20.9. The van der Waals surface area contributed by atoms with Gasteiger partial charge < -0.3 is 5.32 Å². The quantitative estimate of drug-likeness (QED) is 0.376. The molecule has 1 fully saturated rings. The molecule has 1 heterocycles. The average Bonchev–Trinajstić information content (AvgIpc) is 3.21. The molecule has 1 N–H and O–H groups in total. The molecule has 2 aromatic rings. The fraction of sp³-hybridized carbons (Fsp3) is 0.591. The Bertz CT molecular complexity index is 858. The molecule has 1 amide bonds. The summed E-state index contributed by atoms with van der Waals surface area (Å²) in [5.41, 5.74) is 0.728. The van der Waals surface area contributed by atoms with Gasteiger partial charge in [-0.1, -0.05) is 62.9 Å². The smallest absolute Gasteiger partial charge is 0.262 e. The third kappa shape index (κ3) is 5.16. The van der Waals surface area contributed by atoms with Crippen LogP contribution in [-0.2, 0) is 4.79 Å². The van der Waals surface area contributed by atoms with Gasteiger partial charge in [-0.25, -0.2) is 4.98 Å². The van der Waals surface area contributed by atoms with Gasteiger partial charge in [0.05, 0.1) is 16.7 Å². The molecule has 0 radical (unpaired) electrons. The molecule has 152 valence electrons. The van der Waals surface area contributed by atoms with Crippen LogP contribution in [0.4, 0.5) is 0 Å². The summed E-state index contributed by atoms with van der Waals surface area (Å²) in [6.07, 6.45) is 8.83. The molecule has 1 atom stereocenters. The summed E-state index contributed by atoms with van der Waals surface area (Å²) in [7, 11) is 0. The number of benzene rings is 1. The van der Waals surface area contributed by atoms with Gasteiger partial charge in [-0.15, -0.1) is 0 Å². The number of para-hydroxylation sites is 1. The molecule has 0 spiro atoms. The molecule has 1 saturated carbocycles. The van der Waals surface area contributed by atoms with Crippen LogP contribution in [0.3, 0.4) is 0 Å². The maximum atomic E-state index is 13.1. The maximum Gasteiger partial charge on any atom is 0.262 e. The van der Waals surface area contributed by atoms with Crippen molar-refractivity contribution < 1.29 is 4.79 Å². The van der Waals surface area contributed by atoms with Gasteiger partial charge in [0, 0.05) is 12.1 Å². The van der Waals surface area contributed by atoms with Crippen LogP contribution in [0.5, 0.6) is 0 Å². The zero-order valence-electron chi connectivity index (χ0n) is 16.9. The number of nitrogens with zero attached hydrogens (tertiary/aromatic N) is 2. The van der Waals surface area contributed by atoms with Crippen LogP contribution in [0.1, 0.15) is 71.3 Å². The molecule has 0 aliphatic heterocycles. The second-order valence-corrected chi connectivity index (χ2v) is 8.72. The van der Waals surface area contributed by atoms with Crippen LogP contribution in [0.25, 0.3) is 10.9 Å². The Morgan fingerprint density at radius 1 is 1.29 bits per heavy atom. The molecule has 0 saturated heterocycles. The number of thioether (sulfide) groups is 1. The largest absolute Gasteiger partial charge is 0.353 e. The van der Waals surface area contributed by atoms with Crippen LogP contribution in [0.2, 0.25) is 0 Å². The molecule has 1 aromatic heterocycles. The van der Waals surface area contributed by atoms with Crippen molar-refractivity contribution in [2.45, 2.75) is 82.5 Å². The highest BCUT2D eigenvalue weighted by Gasteiger charge is 2.23. The molecule has 0 bridgehead atoms. The lowest BCUT2D eigenvalue weighted by Crippen LogP contribution is -2.34. The number of aromatic nitrogens is 2. The van der Waals surface area contributed by atoms with Gasteiger partial charge >= 0.3 is 0 Å². The molecule has 1 aliphatic rings. The summed E-state index contributed by atoms with van der Waals surface area (Å²) in [6, 6.07) is 7.87. The second-order valence-electron chi connectivity index (χ2n) is 7.78. The van der Waals surface area contributed by atoms with Gasteiger partial charge in [-0.05, 0) is 38.3 Å². The van der Waals surface area contributed by atoms with E-state index in [1.807, 2.05) is 28.8 Å². The monoisotopic (exact) mass is 401 g/mol. The van der Waals surface area contributed by atoms with E-state index in [1.165, 1.54) is 24.6 Å². The first-order chi connectivity index (χ1) is 13.6. The van der Waals surface area contributed by atoms with E-state index >= 15 is 0 Å². The topological polar surface area (TPSA) is 64.0 Å². The normalized spacial score (nSPS) is 15.8. The van der Waals surface area contributed by atoms with Crippen molar-refractivity contribution in [3.63, 3.8) is 0 Å². The fourth-order valence-electron chi connectivity index (χ4n) is 3.93. The van der Waals surface area contributed by atoms with Crippen LogP contribution in [0.15, 0.2) is 34.2 Å². The zero-order valence-corrected chi connectivity index (χ0v) is 17.8. The number of amides is 1. The molecule has 6 heteroatoms. The van der Waals surface area contributed by atoms with Crippen molar-refractivity contribution in [3.05, 3.63) is 34.6 Å². The highest BCUT2D eigenvalue weighted by Crippen LogP contribution is 2.32. The van der Waals surface area contributed by atoms with Crippen molar-refractivity contribution in [1.29, 1.82) is 0 Å². The number of hydrogen-bond acceptors (Lipinski definition) is 4. The molecule has 28 heavy (non-hydrogen) atoms. The Balaban J connectivity index is 1.73. The number of rotatable bonds is 9. The molecular weight excluding hydrogens is 370 g/mol. The molecule has 1 aromatic carbocycles. The third-order valence-electron chi connectivity index (χ3n) is 5.45. The van der Waals surface area contributed by atoms with Gasteiger partial charge in [-0.3, -0.25) is 14.2 Å². The predicted molar refractivity (Wildman–Crippen MR) is 116 cm³/mol. The van der Waals surface area contributed by atoms with E-state index in [-0.39, 0.29) is 29.3 Å². The van der Waals surface area contributed by atoms with E-state index in [4.69, 9.17) is 4.98 Å². The second kappa shape index (κ2) is 10.1. The first-order valence-electron chi connectivity index (χ1n) is 10.5. The van der Waals surface area contributed by atoms with E-state index in [1.54, 1.807) is 0 Å². The molecular formula is C22H31N3O2S. The van der Waals surface area contributed by atoms with Gasteiger partial charge in [-0.2, -0.15) is 0 Å². The van der Waals surface area contributed by atoms with Gasteiger partial charge in [0.1, 0.15) is 0 Å². The van der Waals surface area contributed by atoms with Gasteiger partial charge in [0.25, 0.3) is 5.56 Å². The van der Waals surface area contributed by atoms with E-state index in [0.29, 0.717) is 16.1 Å². The lowest BCUT2D eigenvalue weighted by atomic mass is 10.1. The Labute approximate surface area is 171 Å². The van der Waals surface area contributed by atoms with Crippen molar-refractivity contribution in [1.82, 2.24) is 14.9 Å². The number of unbranched alkanes of at least 4 members (excludes halogenated alkanes) is 2. The van der Waals surface area contributed by atoms with Gasteiger partial charge in [0.2, 0.25) is 5.91 Å². The minimum atomic E-state index is 0.00868. The SMILES string of the molecule is CCCCC[C@H](C)NC(=O)CSc1nc2ccccc2c(=O)n1C1CCCC1. The van der Waals surface area contributed by atoms with Crippen LogP contribution >= 0.6 is 11.8 Å². The Morgan fingerprint density at radius 2 is 2.04 bits per heavy atom. The predicted octanol–water partition coefficient (Wildman–Crippen LogP) is 4.69. The first-order valence-corrected chi connectivity index (χ1v) is 11.5. The van der Waals surface area contributed by atoms with E-state index in [9.17, 15) is 9.59 Å². The van der Waals surface area contributed by atoms with Crippen molar-refractivity contribution in [2.75, 3.05) is 5.75 Å². The zero-order chi connectivity index (χ0) is 19.9. The lowest BCUT2D eigenvalue weighted by molar-refractivity contribution is -0.119. The van der Waals surface area contributed by atoms with E-state index in [2.05, 4.69) is 19.2 Å². The summed E-state index contributed by atoms with van der Waals surface area (Å²) >= 11 is 1.38. The average molecular weight is 402 g/mol. The summed E-state index contributed by atoms with van der Waals surface area (Å²) in [4.78, 5) is 30.2. The summed E-state index contributed by atoms with van der Waals surface area (Å²) in [6.45, 7) is 4.24. The molecule has 1 aliphatic carbocycles. The number of hydrogen-bond donors (Lipinski definition) is 1. The van der Waals surface area contributed by atoms with Crippen molar-refractivity contribution in [3.8, 4) is 0 Å². The van der Waals surface area contributed by atoms with E-state index in [0.717, 1.165) is 38.5 Å². The summed E-state index contributed by atoms with van der Waals surface area (Å²) in [5.74, 6) is 0.296. The summed E-state index contributed by atoms with van der Waals surface area (Å²) in [5, 5.41) is 4.41. The Morgan fingerprint density at radius 3 is 2.79 bits per heavy atom. The van der Waals surface area contributed by atoms with Crippen LogP contribution < -0.4 is 10.9 Å².